The second-order valence-corrected chi connectivity index (χ2v) is 6.00. The van der Waals surface area contributed by atoms with E-state index in [0.29, 0.717) is 27.8 Å². The molecule has 0 N–H and O–H groups in total. The summed E-state index contributed by atoms with van der Waals surface area (Å²) in [6.45, 7) is 0. The zero-order valence-corrected chi connectivity index (χ0v) is 16.8. The van der Waals surface area contributed by atoms with Crippen molar-refractivity contribution in [1.82, 2.24) is 9.55 Å². The Balaban J connectivity index is 0.00000261. The topological polar surface area (TPSA) is 45.5 Å². The minimum atomic E-state index is -0.452. The zero-order valence-electron chi connectivity index (χ0n) is 15.2. The first kappa shape index (κ1) is 20.9. The van der Waals surface area contributed by atoms with Gasteiger partial charge in [-0.3, -0.25) is 0 Å². The van der Waals surface area contributed by atoms with Crippen molar-refractivity contribution in [1.29, 1.82) is 0 Å². The molecule has 0 bridgehead atoms. The third-order valence-electron chi connectivity index (χ3n) is 4.07. The van der Waals surface area contributed by atoms with E-state index in [9.17, 15) is 4.39 Å². The zero-order chi connectivity index (χ0) is 18.8. The van der Waals surface area contributed by atoms with E-state index in [1.165, 1.54) is 20.3 Å². The van der Waals surface area contributed by atoms with E-state index in [1.54, 1.807) is 31.6 Å². The molecule has 5 nitrogen and oxygen atoms in total. The summed E-state index contributed by atoms with van der Waals surface area (Å²) in [5.41, 5.74) is 2.80. The van der Waals surface area contributed by atoms with Gasteiger partial charge in [-0.2, -0.15) is 0 Å². The molecule has 0 atom stereocenters. The molecule has 0 saturated heterocycles. The highest BCUT2D eigenvalue weighted by Crippen LogP contribution is 2.41. The molecule has 0 amide bonds. The molecular weight excluding hydrogens is 394 g/mol. The number of aryl methyl sites for hydroxylation is 1. The van der Waals surface area contributed by atoms with Crippen LogP contribution in [0.15, 0.2) is 36.7 Å². The normalized spacial score (nSPS) is 10.3. The Bertz CT molecular complexity index is 960. The lowest BCUT2D eigenvalue weighted by Crippen LogP contribution is -1.96. The summed E-state index contributed by atoms with van der Waals surface area (Å²) >= 11 is 6.33. The Hall–Kier alpha value is -2.44. The molecule has 0 saturated carbocycles. The lowest BCUT2D eigenvalue weighted by molar-refractivity contribution is 0.355. The molecule has 0 radical (unpaired) electrons. The Labute approximate surface area is 168 Å². The Morgan fingerprint density at radius 2 is 1.67 bits per heavy atom. The summed E-state index contributed by atoms with van der Waals surface area (Å²) in [6, 6.07) is 8.31. The number of ether oxygens (including phenoxy) is 3. The minimum absolute atomic E-state index is 0. The molecule has 1 aromatic heterocycles. The lowest BCUT2D eigenvalue weighted by atomic mass is 10.0. The van der Waals surface area contributed by atoms with Gasteiger partial charge in [0.05, 0.1) is 44.1 Å². The summed E-state index contributed by atoms with van der Waals surface area (Å²) < 4.78 is 31.6. The molecule has 0 spiro atoms. The van der Waals surface area contributed by atoms with Crippen molar-refractivity contribution in [3.8, 4) is 39.8 Å². The van der Waals surface area contributed by atoms with Crippen LogP contribution in [0.5, 0.6) is 17.2 Å². The van der Waals surface area contributed by atoms with Gasteiger partial charge in [-0.1, -0.05) is 11.6 Å². The van der Waals surface area contributed by atoms with E-state index >= 15 is 0 Å². The molecule has 0 unspecified atom stereocenters. The van der Waals surface area contributed by atoms with Crippen molar-refractivity contribution in [2.24, 2.45) is 7.05 Å². The second-order valence-electron chi connectivity index (χ2n) is 5.60. The first-order valence-corrected chi connectivity index (χ1v) is 8.15. The number of hydrogen-bond donors (Lipinski definition) is 0. The Kier molecular flexibility index (Phi) is 6.57. The van der Waals surface area contributed by atoms with Gasteiger partial charge in [-0.05, 0) is 30.3 Å². The standard InChI is InChI=1S/C19H18ClFN2O3.ClH/c1-23-10-22-17(11-5-6-15(24-2)14(21)8-11)18(23)12-7-13(20)19(26-4)16(9-12)25-3;/h5-10H,1-4H3;1H. The van der Waals surface area contributed by atoms with Gasteiger partial charge < -0.3 is 18.8 Å². The van der Waals surface area contributed by atoms with Crippen LogP contribution in [-0.2, 0) is 7.05 Å². The van der Waals surface area contributed by atoms with Gasteiger partial charge in [-0.25, -0.2) is 9.37 Å². The van der Waals surface area contributed by atoms with Crippen LogP contribution in [0.1, 0.15) is 0 Å². The van der Waals surface area contributed by atoms with E-state index in [1.807, 2.05) is 17.7 Å². The predicted molar refractivity (Wildman–Crippen MR) is 106 cm³/mol. The van der Waals surface area contributed by atoms with Crippen molar-refractivity contribution in [3.05, 3.63) is 47.5 Å². The fraction of sp³-hybridized carbons (Fsp3) is 0.211. The molecule has 3 aromatic rings. The maximum Gasteiger partial charge on any atom is 0.179 e. The molecule has 0 aliphatic carbocycles. The molecule has 27 heavy (non-hydrogen) atoms. The summed E-state index contributed by atoms with van der Waals surface area (Å²) in [6.07, 6.45) is 1.66. The summed E-state index contributed by atoms with van der Waals surface area (Å²) in [7, 11) is 6.35. The van der Waals surface area contributed by atoms with Crippen molar-refractivity contribution < 1.29 is 18.6 Å². The second kappa shape index (κ2) is 8.50. The molecule has 3 rings (SSSR count). The van der Waals surface area contributed by atoms with Crippen LogP contribution in [0.3, 0.4) is 0 Å². The maximum absolute atomic E-state index is 14.1. The Morgan fingerprint density at radius 1 is 0.963 bits per heavy atom. The van der Waals surface area contributed by atoms with Gasteiger partial charge in [0.1, 0.15) is 0 Å². The van der Waals surface area contributed by atoms with Crippen LogP contribution in [-0.4, -0.2) is 30.9 Å². The summed E-state index contributed by atoms with van der Waals surface area (Å²) in [5, 5.41) is 0.412. The van der Waals surface area contributed by atoms with Gasteiger partial charge in [0.25, 0.3) is 0 Å². The molecule has 0 aliphatic rings. The highest BCUT2D eigenvalue weighted by molar-refractivity contribution is 6.32. The minimum Gasteiger partial charge on any atom is -0.494 e. The van der Waals surface area contributed by atoms with Gasteiger partial charge in [0, 0.05) is 18.2 Å². The SMILES string of the molecule is COc1ccc(-c2ncn(C)c2-c2cc(Cl)c(OC)c(OC)c2)cc1F.Cl. The van der Waals surface area contributed by atoms with E-state index in [2.05, 4.69) is 4.98 Å². The summed E-state index contributed by atoms with van der Waals surface area (Å²) in [4.78, 5) is 4.43. The molecular formula is C19H19Cl2FN2O3. The molecule has 0 fully saturated rings. The molecule has 2 aromatic carbocycles. The number of rotatable bonds is 5. The van der Waals surface area contributed by atoms with Crippen LogP contribution in [0.2, 0.25) is 5.02 Å². The fourth-order valence-electron chi connectivity index (χ4n) is 2.85. The van der Waals surface area contributed by atoms with Crippen LogP contribution in [0.4, 0.5) is 4.39 Å². The fourth-order valence-corrected chi connectivity index (χ4v) is 3.14. The third kappa shape index (κ3) is 3.82. The van der Waals surface area contributed by atoms with Gasteiger partial charge in [-0.15, -0.1) is 12.4 Å². The first-order chi connectivity index (χ1) is 12.5. The number of imidazole rings is 1. The van der Waals surface area contributed by atoms with E-state index in [0.717, 1.165) is 11.3 Å². The van der Waals surface area contributed by atoms with Gasteiger partial charge in [0.2, 0.25) is 0 Å². The number of aromatic nitrogens is 2. The number of methoxy groups -OCH3 is 3. The average molecular weight is 413 g/mol. The molecule has 144 valence electrons. The molecule has 8 heteroatoms. The average Bonchev–Trinajstić information content (AvgIpc) is 3.02. The van der Waals surface area contributed by atoms with Crippen molar-refractivity contribution in [2.75, 3.05) is 21.3 Å². The third-order valence-corrected chi connectivity index (χ3v) is 4.35. The Morgan fingerprint density at radius 3 is 2.26 bits per heavy atom. The van der Waals surface area contributed by atoms with E-state index < -0.39 is 5.82 Å². The van der Waals surface area contributed by atoms with Gasteiger partial charge >= 0.3 is 0 Å². The van der Waals surface area contributed by atoms with Crippen LogP contribution < -0.4 is 14.2 Å². The molecule has 1 heterocycles. The molecule has 0 aliphatic heterocycles. The number of benzene rings is 2. The largest absolute Gasteiger partial charge is 0.494 e. The monoisotopic (exact) mass is 412 g/mol. The number of halogens is 3. The summed E-state index contributed by atoms with van der Waals surface area (Å²) in [5.74, 6) is 0.688. The highest BCUT2D eigenvalue weighted by Gasteiger charge is 2.19. The van der Waals surface area contributed by atoms with E-state index in [4.69, 9.17) is 25.8 Å². The smallest absolute Gasteiger partial charge is 0.179 e. The van der Waals surface area contributed by atoms with Gasteiger partial charge in [0.15, 0.2) is 23.1 Å². The highest BCUT2D eigenvalue weighted by atomic mass is 35.5. The number of hydrogen-bond acceptors (Lipinski definition) is 4. The lowest BCUT2D eigenvalue weighted by Gasteiger charge is -2.13. The van der Waals surface area contributed by atoms with Crippen molar-refractivity contribution >= 4 is 24.0 Å². The van der Waals surface area contributed by atoms with Crippen LogP contribution >= 0.6 is 24.0 Å². The maximum atomic E-state index is 14.1. The predicted octanol–water partition coefficient (Wildman–Crippen LogP) is 4.99. The first-order valence-electron chi connectivity index (χ1n) is 7.77. The van der Waals surface area contributed by atoms with Crippen LogP contribution in [0.25, 0.3) is 22.5 Å². The van der Waals surface area contributed by atoms with Crippen molar-refractivity contribution in [2.45, 2.75) is 0 Å². The van der Waals surface area contributed by atoms with Crippen molar-refractivity contribution in [3.63, 3.8) is 0 Å². The number of nitrogens with zero attached hydrogens (tertiary/aromatic N) is 2. The van der Waals surface area contributed by atoms with Crippen LogP contribution in [0, 0.1) is 5.82 Å². The van der Waals surface area contributed by atoms with E-state index in [-0.39, 0.29) is 18.2 Å². The quantitative estimate of drug-likeness (QED) is 0.591.